The lowest BCUT2D eigenvalue weighted by Gasteiger charge is -2.10. The Morgan fingerprint density at radius 2 is 2.19 bits per heavy atom. The number of benzene rings is 1. The van der Waals surface area contributed by atoms with Crippen molar-refractivity contribution < 1.29 is 19.0 Å². The Morgan fingerprint density at radius 3 is 2.88 bits per heavy atom. The summed E-state index contributed by atoms with van der Waals surface area (Å²) < 4.78 is 15.5. The highest BCUT2D eigenvalue weighted by Gasteiger charge is 2.19. The highest BCUT2D eigenvalue weighted by molar-refractivity contribution is 5.97. The normalized spacial score (nSPS) is 16.6. The van der Waals surface area contributed by atoms with Gasteiger partial charge in [-0.15, -0.1) is 0 Å². The summed E-state index contributed by atoms with van der Waals surface area (Å²) >= 11 is 0. The van der Waals surface area contributed by atoms with E-state index in [0.29, 0.717) is 18.8 Å². The number of ether oxygens (including phenoxy) is 3. The first-order valence-electron chi connectivity index (χ1n) is 5.16. The van der Waals surface area contributed by atoms with E-state index in [4.69, 9.17) is 14.2 Å². The fraction of sp³-hybridized carbons (Fsp3) is 0.417. The van der Waals surface area contributed by atoms with Gasteiger partial charge in [0.2, 0.25) is 0 Å². The number of rotatable bonds is 4. The molecule has 1 aromatic carbocycles. The first kappa shape index (κ1) is 11.3. The van der Waals surface area contributed by atoms with Crippen LogP contribution < -0.4 is 0 Å². The Hall–Kier alpha value is -1.23. The second-order valence-corrected chi connectivity index (χ2v) is 3.56. The van der Waals surface area contributed by atoms with Crippen molar-refractivity contribution in [3.63, 3.8) is 0 Å². The Morgan fingerprint density at radius 1 is 1.44 bits per heavy atom. The van der Waals surface area contributed by atoms with E-state index in [1.165, 1.54) is 7.11 Å². The van der Waals surface area contributed by atoms with Gasteiger partial charge in [0.05, 0.1) is 13.2 Å². The molecule has 0 N–H and O–H groups in total. The van der Waals surface area contributed by atoms with Crippen LogP contribution in [0, 0.1) is 0 Å². The summed E-state index contributed by atoms with van der Waals surface area (Å²) in [4.78, 5) is 11.6. The van der Waals surface area contributed by atoms with Crippen molar-refractivity contribution >= 4 is 5.78 Å². The number of carbonyl (C=O) groups excluding carboxylic acids is 1. The standard InChI is InChI=1S/C12H14O4/c1-14-8-11(13)9-3-2-4-10(7-9)12-15-5-6-16-12/h2-4,7,12H,5-6,8H2,1H3. The molecule has 0 bridgehead atoms. The van der Waals surface area contributed by atoms with Gasteiger partial charge in [-0.2, -0.15) is 0 Å². The molecule has 0 unspecified atom stereocenters. The molecule has 2 rings (SSSR count). The van der Waals surface area contributed by atoms with E-state index in [1.807, 2.05) is 12.1 Å². The smallest absolute Gasteiger partial charge is 0.188 e. The van der Waals surface area contributed by atoms with Crippen molar-refractivity contribution in [1.29, 1.82) is 0 Å². The first-order valence-corrected chi connectivity index (χ1v) is 5.16. The van der Waals surface area contributed by atoms with Gasteiger partial charge in [-0.25, -0.2) is 0 Å². The molecule has 0 atom stereocenters. The predicted octanol–water partition coefficient (Wildman–Crippen LogP) is 1.56. The van der Waals surface area contributed by atoms with Crippen LogP contribution in [0.5, 0.6) is 0 Å². The molecule has 0 aliphatic carbocycles. The molecule has 0 radical (unpaired) electrons. The van der Waals surface area contributed by atoms with Crippen LogP contribution in [0.3, 0.4) is 0 Å². The number of ketones is 1. The molecule has 0 spiro atoms. The Balaban J connectivity index is 2.15. The molecule has 1 aromatic rings. The molecule has 4 nitrogen and oxygen atoms in total. The molecule has 1 aliphatic heterocycles. The lowest BCUT2D eigenvalue weighted by molar-refractivity contribution is -0.0441. The summed E-state index contributed by atoms with van der Waals surface area (Å²) in [6.45, 7) is 1.29. The van der Waals surface area contributed by atoms with Crippen LogP contribution in [0.2, 0.25) is 0 Å². The number of Topliss-reactive ketones (excluding diaryl/α,β-unsaturated/α-hetero) is 1. The predicted molar refractivity (Wildman–Crippen MR) is 57.3 cm³/mol. The van der Waals surface area contributed by atoms with Crippen LogP contribution >= 0.6 is 0 Å². The number of hydrogen-bond acceptors (Lipinski definition) is 4. The highest BCUT2D eigenvalue weighted by atomic mass is 16.7. The van der Waals surface area contributed by atoms with E-state index >= 15 is 0 Å². The molecule has 1 heterocycles. The third-order valence-corrected chi connectivity index (χ3v) is 2.38. The van der Waals surface area contributed by atoms with Gasteiger partial charge in [-0.3, -0.25) is 4.79 Å². The minimum absolute atomic E-state index is 0.0395. The molecule has 86 valence electrons. The van der Waals surface area contributed by atoms with E-state index in [0.717, 1.165) is 5.56 Å². The van der Waals surface area contributed by atoms with Gasteiger partial charge in [0, 0.05) is 18.2 Å². The van der Waals surface area contributed by atoms with E-state index < -0.39 is 0 Å². The number of hydrogen-bond donors (Lipinski definition) is 0. The van der Waals surface area contributed by atoms with E-state index in [-0.39, 0.29) is 18.7 Å². The summed E-state index contributed by atoms with van der Waals surface area (Å²) in [7, 11) is 1.50. The molecule has 0 amide bonds. The fourth-order valence-corrected chi connectivity index (χ4v) is 1.62. The summed E-state index contributed by atoms with van der Waals surface area (Å²) in [5, 5.41) is 0. The number of carbonyl (C=O) groups is 1. The monoisotopic (exact) mass is 222 g/mol. The van der Waals surface area contributed by atoms with Gasteiger partial charge < -0.3 is 14.2 Å². The largest absolute Gasteiger partial charge is 0.377 e. The maximum Gasteiger partial charge on any atom is 0.188 e. The minimum Gasteiger partial charge on any atom is -0.377 e. The van der Waals surface area contributed by atoms with E-state index in [1.54, 1.807) is 12.1 Å². The molecular formula is C12H14O4. The van der Waals surface area contributed by atoms with E-state index in [9.17, 15) is 4.79 Å². The zero-order valence-corrected chi connectivity index (χ0v) is 9.14. The Bertz CT molecular complexity index is 369. The lowest BCUT2D eigenvalue weighted by Crippen LogP contribution is -2.08. The molecule has 4 heteroatoms. The van der Waals surface area contributed by atoms with Gasteiger partial charge >= 0.3 is 0 Å². The zero-order valence-electron chi connectivity index (χ0n) is 9.14. The van der Waals surface area contributed by atoms with Crippen molar-refractivity contribution in [2.75, 3.05) is 26.9 Å². The van der Waals surface area contributed by atoms with Crippen LogP contribution in [0.1, 0.15) is 22.2 Å². The van der Waals surface area contributed by atoms with Crippen LogP contribution in [0.15, 0.2) is 24.3 Å². The quantitative estimate of drug-likeness (QED) is 0.725. The van der Waals surface area contributed by atoms with Crippen molar-refractivity contribution in [2.24, 2.45) is 0 Å². The Kier molecular flexibility index (Phi) is 3.66. The van der Waals surface area contributed by atoms with Crippen molar-refractivity contribution in [3.05, 3.63) is 35.4 Å². The van der Waals surface area contributed by atoms with Gasteiger partial charge in [0.25, 0.3) is 0 Å². The van der Waals surface area contributed by atoms with Crippen LogP contribution in [-0.2, 0) is 14.2 Å². The minimum atomic E-state index is -0.338. The first-order chi connectivity index (χ1) is 7.81. The molecule has 1 aliphatic rings. The van der Waals surface area contributed by atoms with E-state index in [2.05, 4.69) is 0 Å². The lowest BCUT2D eigenvalue weighted by atomic mass is 10.1. The maximum atomic E-state index is 11.6. The van der Waals surface area contributed by atoms with Gasteiger partial charge in [-0.1, -0.05) is 18.2 Å². The second kappa shape index (κ2) is 5.21. The molecule has 16 heavy (non-hydrogen) atoms. The molecule has 0 saturated carbocycles. The highest BCUT2D eigenvalue weighted by Crippen LogP contribution is 2.23. The molecule has 1 fully saturated rings. The van der Waals surface area contributed by atoms with Crippen LogP contribution in [-0.4, -0.2) is 32.7 Å². The molecular weight excluding hydrogens is 208 g/mol. The van der Waals surface area contributed by atoms with Crippen molar-refractivity contribution in [3.8, 4) is 0 Å². The number of methoxy groups -OCH3 is 1. The summed E-state index contributed by atoms with van der Waals surface area (Å²) in [6, 6.07) is 7.26. The Labute approximate surface area is 94.1 Å². The molecule has 0 aromatic heterocycles. The SMILES string of the molecule is COCC(=O)c1cccc(C2OCCO2)c1. The van der Waals surface area contributed by atoms with Gasteiger partial charge in [0.1, 0.15) is 6.61 Å². The zero-order chi connectivity index (χ0) is 11.4. The third-order valence-electron chi connectivity index (χ3n) is 2.38. The second-order valence-electron chi connectivity index (χ2n) is 3.56. The topological polar surface area (TPSA) is 44.8 Å². The maximum absolute atomic E-state index is 11.6. The average molecular weight is 222 g/mol. The molecule has 1 saturated heterocycles. The fourth-order valence-electron chi connectivity index (χ4n) is 1.62. The van der Waals surface area contributed by atoms with Gasteiger partial charge in [0.15, 0.2) is 12.1 Å². The average Bonchev–Trinajstić information content (AvgIpc) is 2.83. The van der Waals surface area contributed by atoms with Crippen LogP contribution in [0.25, 0.3) is 0 Å². The van der Waals surface area contributed by atoms with Crippen molar-refractivity contribution in [1.82, 2.24) is 0 Å². The summed E-state index contributed by atoms with van der Waals surface area (Å²) in [6.07, 6.45) is -0.338. The third kappa shape index (κ3) is 2.47. The van der Waals surface area contributed by atoms with Crippen LogP contribution in [0.4, 0.5) is 0 Å². The van der Waals surface area contributed by atoms with Crippen molar-refractivity contribution in [2.45, 2.75) is 6.29 Å². The summed E-state index contributed by atoms with van der Waals surface area (Å²) in [5.41, 5.74) is 1.50. The van der Waals surface area contributed by atoms with Gasteiger partial charge in [-0.05, 0) is 6.07 Å². The summed E-state index contributed by atoms with van der Waals surface area (Å²) in [5.74, 6) is -0.0395.